The first-order valence-electron chi connectivity index (χ1n) is 5.58. The summed E-state index contributed by atoms with van der Waals surface area (Å²) < 4.78 is 0. The van der Waals surface area contributed by atoms with Crippen molar-refractivity contribution in [1.82, 2.24) is 15.2 Å². The predicted molar refractivity (Wildman–Crippen MR) is 63.7 cm³/mol. The number of carbonyl (C=O) groups excluding carboxylic acids is 1. The Hall–Kier alpha value is -1.30. The van der Waals surface area contributed by atoms with Crippen molar-refractivity contribution in [3.8, 4) is 0 Å². The molecular weight excluding hydrogens is 206 g/mol. The second kappa shape index (κ2) is 5.69. The van der Waals surface area contributed by atoms with E-state index in [9.17, 15) is 4.79 Å². The van der Waals surface area contributed by atoms with Crippen LogP contribution in [0, 0.1) is 0 Å². The maximum absolute atomic E-state index is 11.7. The van der Waals surface area contributed by atoms with Crippen LogP contribution in [0.5, 0.6) is 0 Å². The molecule has 0 radical (unpaired) electrons. The average Bonchev–Trinajstić information content (AvgIpc) is 2.38. The number of amides is 1. The van der Waals surface area contributed by atoms with Gasteiger partial charge in [0.25, 0.3) is 0 Å². The van der Waals surface area contributed by atoms with Gasteiger partial charge in [-0.1, -0.05) is 0 Å². The number of guanidine groups is 1. The van der Waals surface area contributed by atoms with E-state index >= 15 is 0 Å². The molecule has 16 heavy (non-hydrogen) atoms. The van der Waals surface area contributed by atoms with Crippen LogP contribution in [0.3, 0.4) is 0 Å². The molecule has 0 aromatic heterocycles. The molecule has 0 aliphatic carbocycles. The molecule has 1 fully saturated rings. The average molecular weight is 227 g/mol. The molecule has 6 heteroatoms. The highest BCUT2D eigenvalue weighted by Gasteiger charge is 2.21. The van der Waals surface area contributed by atoms with Gasteiger partial charge in [0.2, 0.25) is 11.9 Å². The molecule has 1 rings (SSSR count). The number of nitrogens with one attached hydrogen (secondary N) is 1. The lowest BCUT2D eigenvalue weighted by molar-refractivity contribution is -0.129. The van der Waals surface area contributed by atoms with Crippen molar-refractivity contribution >= 4 is 11.9 Å². The Morgan fingerprint density at radius 3 is 2.75 bits per heavy atom. The number of hydrogen-bond donors (Lipinski definition) is 2. The van der Waals surface area contributed by atoms with E-state index in [0.717, 1.165) is 19.5 Å². The fraction of sp³-hybridized carbons (Fsp3) is 0.800. The zero-order valence-electron chi connectivity index (χ0n) is 10.2. The van der Waals surface area contributed by atoms with Crippen LogP contribution in [0.1, 0.15) is 20.3 Å². The summed E-state index contributed by atoms with van der Waals surface area (Å²) in [6.45, 7) is 5.87. The zero-order chi connectivity index (χ0) is 12.1. The van der Waals surface area contributed by atoms with Crippen LogP contribution in [-0.2, 0) is 4.79 Å². The normalized spacial score (nSPS) is 19.1. The van der Waals surface area contributed by atoms with E-state index in [4.69, 9.17) is 5.84 Å². The first kappa shape index (κ1) is 12.8. The first-order valence-corrected chi connectivity index (χ1v) is 5.58. The van der Waals surface area contributed by atoms with Crippen molar-refractivity contribution in [2.45, 2.75) is 26.3 Å². The van der Waals surface area contributed by atoms with Crippen molar-refractivity contribution in [1.29, 1.82) is 0 Å². The van der Waals surface area contributed by atoms with Crippen molar-refractivity contribution in [3.63, 3.8) is 0 Å². The number of nitrogens with zero attached hydrogens (tertiary/aromatic N) is 3. The summed E-state index contributed by atoms with van der Waals surface area (Å²) in [5.41, 5.74) is 2.57. The fourth-order valence-corrected chi connectivity index (χ4v) is 1.62. The molecule has 1 aliphatic rings. The van der Waals surface area contributed by atoms with Gasteiger partial charge in [0.15, 0.2) is 0 Å². The molecule has 3 N–H and O–H groups in total. The summed E-state index contributed by atoms with van der Waals surface area (Å²) in [5, 5.41) is 0. The molecule has 1 heterocycles. The number of aliphatic imine (C=N–C) groups is 1. The number of likely N-dealkylation sites (N-methyl/N-ethyl adjacent to an activating group) is 1. The lowest BCUT2D eigenvalue weighted by Gasteiger charge is -2.23. The summed E-state index contributed by atoms with van der Waals surface area (Å²) in [7, 11) is 1.82. The molecule has 0 atom stereocenters. The molecule has 1 amide bonds. The summed E-state index contributed by atoms with van der Waals surface area (Å²) in [6, 6.07) is 0.155. The Morgan fingerprint density at radius 1 is 1.50 bits per heavy atom. The van der Waals surface area contributed by atoms with Crippen molar-refractivity contribution in [2.24, 2.45) is 10.8 Å². The molecular formula is C10H21N5O. The van der Waals surface area contributed by atoms with Crippen molar-refractivity contribution in [2.75, 3.05) is 26.7 Å². The van der Waals surface area contributed by atoms with Crippen LogP contribution < -0.4 is 11.3 Å². The molecule has 1 saturated heterocycles. The number of carbonyl (C=O) groups is 1. The highest BCUT2D eigenvalue weighted by atomic mass is 16.2. The minimum Gasteiger partial charge on any atom is -0.344 e. The Balaban J connectivity index is 2.74. The van der Waals surface area contributed by atoms with Gasteiger partial charge in [-0.2, -0.15) is 0 Å². The number of nitrogens with two attached hydrogens (primary N) is 1. The topological polar surface area (TPSA) is 74.0 Å². The Bertz CT molecular complexity index is 276. The largest absolute Gasteiger partial charge is 0.344 e. The molecule has 0 bridgehead atoms. The lowest BCUT2D eigenvalue weighted by Crippen LogP contribution is -2.47. The minimum atomic E-state index is 0.101. The number of rotatable bonds is 1. The van der Waals surface area contributed by atoms with Gasteiger partial charge in [-0.25, -0.2) is 10.8 Å². The molecule has 0 spiro atoms. The first-order chi connectivity index (χ1) is 7.54. The van der Waals surface area contributed by atoms with Gasteiger partial charge >= 0.3 is 0 Å². The number of hydrogen-bond acceptors (Lipinski definition) is 3. The van der Waals surface area contributed by atoms with E-state index < -0.39 is 0 Å². The van der Waals surface area contributed by atoms with Crippen molar-refractivity contribution < 1.29 is 4.79 Å². The van der Waals surface area contributed by atoms with E-state index in [-0.39, 0.29) is 11.9 Å². The summed E-state index contributed by atoms with van der Waals surface area (Å²) in [6.07, 6.45) is 0.932. The SMILES string of the molecule is CC(C)N=C(NN)N1CCCN(C)C(=O)C1. The second-order valence-corrected chi connectivity index (χ2v) is 4.28. The molecule has 1 aliphatic heterocycles. The molecule has 92 valence electrons. The molecule has 0 saturated carbocycles. The Kier molecular flexibility index (Phi) is 4.54. The van der Waals surface area contributed by atoms with E-state index in [1.54, 1.807) is 4.90 Å². The Morgan fingerprint density at radius 2 is 2.19 bits per heavy atom. The lowest BCUT2D eigenvalue weighted by atomic mass is 10.4. The Labute approximate surface area is 96.5 Å². The molecule has 0 aromatic rings. The summed E-state index contributed by atoms with van der Waals surface area (Å²) >= 11 is 0. The third-order valence-electron chi connectivity index (χ3n) is 2.48. The van der Waals surface area contributed by atoms with Gasteiger partial charge in [0.05, 0.1) is 6.54 Å². The van der Waals surface area contributed by atoms with Gasteiger partial charge in [0.1, 0.15) is 0 Å². The highest BCUT2D eigenvalue weighted by Crippen LogP contribution is 2.03. The molecule has 0 aromatic carbocycles. The standard InChI is InChI=1S/C10H21N5O/c1-8(2)12-10(13-11)15-6-4-5-14(3)9(16)7-15/h8H,4-7,11H2,1-3H3,(H,12,13). The van der Waals surface area contributed by atoms with Crippen LogP contribution in [-0.4, -0.2) is 54.4 Å². The smallest absolute Gasteiger partial charge is 0.241 e. The quantitative estimate of drug-likeness (QED) is 0.271. The van der Waals surface area contributed by atoms with Gasteiger partial charge in [-0.3, -0.25) is 10.2 Å². The predicted octanol–water partition coefficient (Wildman–Crippen LogP) is -0.622. The van der Waals surface area contributed by atoms with Crippen molar-refractivity contribution in [3.05, 3.63) is 0 Å². The van der Waals surface area contributed by atoms with E-state index in [1.165, 1.54) is 0 Å². The van der Waals surface area contributed by atoms with Crippen LogP contribution in [0.2, 0.25) is 0 Å². The van der Waals surface area contributed by atoms with Gasteiger partial charge < -0.3 is 9.80 Å². The third-order valence-corrected chi connectivity index (χ3v) is 2.48. The van der Waals surface area contributed by atoms with Crippen LogP contribution in [0.4, 0.5) is 0 Å². The second-order valence-electron chi connectivity index (χ2n) is 4.28. The summed E-state index contributed by atoms with van der Waals surface area (Å²) in [5.74, 6) is 6.13. The third kappa shape index (κ3) is 3.37. The highest BCUT2D eigenvalue weighted by molar-refractivity contribution is 5.86. The van der Waals surface area contributed by atoms with Gasteiger partial charge in [-0.15, -0.1) is 0 Å². The fourth-order valence-electron chi connectivity index (χ4n) is 1.62. The van der Waals surface area contributed by atoms with E-state index in [0.29, 0.717) is 12.5 Å². The van der Waals surface area contributed by atoms with Gasteiger partial charge in [0, 0.05) is 26.2 Å². The zero-order valence-corrected chi connectivity index (χ0v) is 10.2. The maximum Gasteiger partial charge on any atom is 0.241 e. The van der Waals surface area contributed by atoms with E-state index in [1.807, 2.05) is 25.8 Å². The molecule has 0 unspecified atom stereocenters. The van der Waals surface area contributed by atoms with Crippen LogP contribution in [0.25, 0.3) is 0 Å². The van der Waals surface area contributed by atoms with Crippen LogP contribution in [0.15, 0.2) is 4.99 Å². The summed E-state index contributed by atoms with van der Waals surface area (Å²) in [4.78, 5) is 19.7. The monoisotopic (exact) mass is 227 g/mol. The van der Waals surface area contributed by atoms with E-state index in [2.05, 4.69) is 10.4 Å². The number of hydrazine groups is 1. The van der Waals surface area contributed by atoms with Crippen LogP contribution >= 0.6 is 0 Å². The molecule has 6 nitrogen and oxygen atoms in total. The van der Waals surface area contributed by atoms with Gasteiger partial charge in [-0.05, 0) is 20.3 Å². The maximum atomic E-state index is 11.7. The minimum absolute atomic E-state index is 0.101.